The highest BCUT2D eigenvalue weighted by atomic mass is 15.2. The number of nitrogens with one attached hydrogen (secondary N) is 1. The lowest BCUT2D eigenvalue weighted by atomic mass is 10.0. The number of piperazine rings is 1. The average Bonchev–Trinajstić information content (AvgIpc) is 2.95. The summed E-state index contributed by atoms with van der Waals surface area (Å²) in [5.74, 6) is 0. The summed E-state index contributed by atoms with van der Waals surface area (Å²) >= 11 is 0. The second-order valence-corrected chi connectivity index (χ2v) is 6.50. The first-order valence-corrected chi connectivity index (χ1v) is 8.75. The molecular weight excluding hydrogens is 282 g/mol. The fourth-order valence-electron chi connectivity index (χ4n) is 3.95. The van der Waals surface area contributed by atoms with Crippen molar-refractivity contribution in [3.63, 3.8) is 0 Å². The van der Waals surface area contributed by atoms with E-state index in [-0.39, 0.29) is 0 Å². The molecule has 3 heteroatoms. The first kappa shape index (κ1) is 14.7. The third kappa shape index (κ3) is 2.44. The molecule has 2 heterocycles. The lowest BCUT2D eigenvalue weighted by Crippen LogP contribution is -2.44. The molecule has 1 fully saturated rings. The zero-order valence-electron chi connectivity index (χ0n) is 14.0. The summed E-state index contributed by atoms with van der Waals surface area (Å²) < 4.78 is 2.42. The molecule has 0 saturated carbocycles. The van der Waals surface area contributed by atoms with Gasteiger partial charge in [-0.1, -0.05) is 24.3 Å². The number of fused-ring (bicyclic) bond motifs is 3. The molecule has 0 radical (unpaired) electrons. The molecule has 1 aliphatic rings. The second-order valence-electron chi connectivity index (χ2n) is 6.50. The van der Waals surface area contributed by atoms with Crippen molar-refractivity contribution in [2.24, 2.45) is 0 Å². The maximum absolute atomic E-state index is 3.44. The van der Waals surface area contributed by atoms with Crippen LogP contribution in [-0.4, -0.2) is 35.6 Å². The van der Waals surface area contributed by atoms with Gasteiger partial charge in [0, 0.05) is 60.6 Å². The molecule has 1 N–H and O–H groups in total. The van der Waals surface area contributed by atoms with Crippen LogP contribution in [0.4, 0.5) is 0 Å². The Kier molecular flexibility index (Phi) is 3.83. The molecule has 23 heavy (non-hydrogen) atoms. The molecule has 3 aromatic rings. The number of aryl methyl sites for hydroxylation is 1. The number of nitrogens with zero attached hydrogens (tertiary/aromatic N) is 2. The van der Waals surface area contributed by atoms with E-state index in [1.165, 1.54) is 27.4 Å². The summed E-state index contributed by atoms with van der Waals surface area (Å²) in [6.07, 6.45) is 0. The zero-order valence-corrected chi connectivity index (χ0v) is 14.0. The van der Waals surface area contributed by atoms with Crippen LogP contribution in [0.3, 0.4) is 0 Å². The Morgan fingerprint density at radius 3 is 2.52 bits per heavy atom. The SMILES string of the molecule is CCn1c2ccccc2c2cc([C@@H](C)N3CCNCC3)ccc21. The van der Waals surface area contributed by atoms with E-state index in [4.69, 9.17) is 0 Å². The molecule has 0 amide bonds. The number of aromatic nitrogens is 1. The second kappa shape index (κ2) is 5.99. The van der Waals surface area contributed by atoms with Crippen molar-refractivity contribution in [3.8, 4) is 0 Å². The molecule has 1 aliphatic heterocycles. The van der Waals surface area contributed by atoms with E-state index in [0.29, 0.717) is 6.04 Å². The van der Waals surface area contributed by atoms with Crippen molar-refractivity contribution in [1.29, 1.82) is 0 Å². The molecule has 0 aliphatic carbocycles. The van der Waals surface area contributed by atoms with Gasteiger partial charge in [-0.3, -0.25) is 4.90 Å². The molecular formula is C20H25N3. The van der Waals surface area contributed by atoms with E-state index in [1.54, 1.807) is 0 Å². The van der Waals surface area contributed by atoms with Crippen molar-refractivity contribution in [1.82, 2.24) is 14.8 Å². The monoisotopic (exact) mass is 307 g/mol. The quantitative estimate of drug-likeness (QED) is 0.794. The number of hydrogen-bond donors (Lipinski definition) is 1. The molecule has 0 bridgehead atoms. The van der Waals surface area contributed by atoms with Crippen LogP contribution in [0.25, 0.3) is 21.8 Å². The minimum Gasteiger partial charge on any atom is -0.341 e. The first-order chi connectivity index (χ1) is 11.3. The molecule has 1 saturated heterocycles. The van der Waals surface area contributed by atoms with Crippen molar-refractivity contribution in [2.75, 3.05) is 26.2 Å². The van der Waals surface area contributed by atoms with E-state index in [0.717, 1.165) is 32.7 Å². The van der Waals surface area contributed by atoms with Crippen LogP contribution in [0.1, 0.15) is 25.5 Å². The molecule has 1 aromatic heterocycles. The van der Waals surface area contributed by atoms with Gasteiger partial charge in [-0.05, 0) is 37.6 Å². The lowest BCUT2D eigenvalue weighted by molar-refractivity contribution is 0.185. The molecule has 120 valence electrons. The maximum Gasteiger partial charge on any atom is 0.0491 e. The number of benzene rings is 2. The Labute approximate surface area is 137 Å². The van der Waals surface area contributed by atoms with Gasteiger partial charge in [0.2, 0.25) is 0 Å². The van der Waals surface area contributed by atoms with Crippen molar-refractivity contribution < 1.29 is 0 Å². The summed E-state index contributed by atoms with van der Waals surface area (Å²) in [7, 11) is 0. The van der Waals surface area contributed by atoms with Crippen molar-refractivity contribution >= 4 is 21.8 Å². The fraction of sp³-hybridized carbons (Fsp3) is 0.400. The molecule has 2 aromatic carbocycles. The third-order valence-corrected chi connectivity index (χ3v) is 5.29. The van der Waals surface area contributed by atoms with Gasteiger partial charge in [-0.15, -0.1) is 0 Å². The summed E-state index contributed by atoms with van der Waals surface area (Å²) in [5.41, 5.74) is 4.13. The summed E-state index contributed by atoms with van der Waals surface area (Å²) in [5, 5.41) is 6.21. The predicted molar refractivity (Wildman–Crippen MR) is 98.0 cm³/mol. The largest absolute Gasteiger partial charge is 0.341 e. The highest BCUT2D eigenvalue weighted by molar-refractivity contribution is 6.08. The van der Waals surface area contributed by atoms with Crippen LogP contribution in [0.15, 0.2) is 42.5 Å². The molecule has 0 spiro atoms. The topological polar surface area (TPSA) is 20.2 Å². The third-order valence-electron chi connectivity index (χ3n) is 5.29. The van der Waals surface area contributed by atoms with E-state index in [2.05, 4.69) is 71.1 Å². The van der Waals surface area contributed by atoms with Crippen LogP contribution >= 0.6 is 0 Å². The lowest BCUT2D eigenvalue weighted by Gasteiger charge is -2.33. The van der Waals surface area contributed by atoms with Crippen LogP contribution in [0.2, 0.25) is 0 Å². The summed E-state index contributed by atoms with van der Waals surface area (Å²) in [4.78, 5) is 2.58. The van der Waals surface area contributed by atoms with Gasteiger partial charge in [0.05, 0.1) is 0 Å². The van der Waals surface area contributed by atoms with Crippen LogP contribution in [-0.2, 0) is 6.54 Å². The Balaban J connectivity index is 1.82. The molecule has 1 atom stereocenters. The van der Waals surface area contributed by atoms with Gasteiger partial charge in [0.15, 0.2) is 0 Å². The minimum absolute atomic E-state index is 0.477. The van der Waals surface area contributed by atoms with E-state index in [1.807, 2.05) is 0 Å². The number of para-hydroxylation sites is 1. The van der Waals surface area contributed by atoms with Crippen LogP contribution in [0.5, 0.6) is 0 Å². The van der Waals surface area contributed by atoms with Crippen molar-refractivity contribution in [2.45, 2.75) is 26.4 Å². The standard InChI is InChI=1S/C20H25N3/c1-3-23-19-7-5-4-6-17(19)18-14-16(8-9-20(18)23)15(2)22-12-10-21-11-13-22/h4-9,14-15,21H,3,10-13H2,1-2H3/t15-/m1/s1. The Morgan fingerprint density at radius 2 is 1.74 bits per heavy atom. The highest BCUT2D eigenvalue weighted by Crippen LogP contribution is 2.32. The van der Waals surface area contributed by atoms with Gasteiger partial charge in [0.25, 0.3) is 0 Å². The van der Waals surface area contributed by atoms with Crippen LogP contribution < -0.4 is 5.32 Å². The Morgan fingerprint density at radius 1 is 1.00 bits per heavy atom. The Hall–Kier alpha value is -1.84. The van der Waals surface area contributed by atoms with Gasteiger partial charge in [0.1, 0.15) is 0 Å². The van der Waals surface area contributed by atoms with E-state index < -0.39 is 0 Å². The minimum atomic E-state index is 0.477. The maximum atomic E-state index is 3.44. The van der Waals surface area contributed by atoms with Gasteiger partial charge >= 0.3 is 0 Å². The van der Waals surface area contributed by atoms with Gasteiger partial charge in [-0.2, -0.15) is 0 Å². The summed E-state index contributed by atoms with van der Waals surface area (Å²) in [6.45, 7) is 10.0. The van der Waals surface area contributed by atoms with E-state index in [9.17, 15) is 0 Å². The molecule has 0 unspecified atom stereocenters. The van der Waals surface area contributed by atoms with Gasteiger partial charge < -0.3 is 9.88 Å². The highest BCUT2D eigenvalue weighted by Gasteiger charge is 2.19. The fourth-order valence-corrected chi connectivity index (χ4v) is 3.95. The number of rotatable bonds is 3. The summed E-state index contributed by atoms with van der Waals surface area (Å²) in [6, 6.07) is 16.3. The van der Waals surface area contributed by atoms with E-state index >= 15 is 0 Å². The smallest absolute Gasteiger partial charge is 0.0491 e. The molecule has 4 rings (SSSR count). The van der Waals surface area contributed by atoms with Crippen molar-refractivity contribution in [3.05, 3.63) is 48.0 Å². The van der Waals surface area contributed by atoms with Crippen LogP contribution in [0, 0.1) is 0 Å². The normalized spacial score (nSPS) is 17.8. The predicted octanol–water partition coefficient (Wildman–Crippen LogP) is 3.78. The average molecular weight is 307 g/mol. The van der Waals surface area contributed by atoms with Gasteiger partial charge in [-0.25, -0.2) is 0 Å². The zero-order chi connectivity index (χ0) is 15.8. The first-order valence-electron chi connectivity index (χ1n) is 8.75. The number of hydrogen-bond acceptors (Lipinski definition) is 2. The molecule has 3 nitrogen and oxygen atoms in total. The Bertz CT molecular complexity index is 827.